The highest BCUT2D eigenvalue weighted by molar-refractivity contribution is 4.91. The van der Waals surface area contributed by atoms with E-state index in [2.05, 4.69) is 17.1 Å². The third-order valence-corrected chi connectivity index (χ3v) is 6.24. The highest BCUT2D eigenvalue weighted by Crippen LogP contribution is 2.38. The second-order valence-corrected chi connectivity index (χ2v) is 7.72. The van der Waals surface area contributed by atoms with Gasteiger partial charge in [-0.25, -0.2) is 0 Å². The zero-order chi connectivity index (χ0) is 14.5. The van der Waals surface area contributed by atoms with E-state index in [-0.39, 0.29) is 0 Å². The van der Waals surface area contributed by atoms with Crippen molar-refractivity contribution in [1.29, 1.82) is 0 Å². The summed E-state index contributed by atoms with van der Waals surface area (Å²) < 4.78 is 5.63. The van der Waals surface area contributed by atoms with Crippen LogP contribution in [0.2, 0.25) is 0 Å². The number of likely N-dealkylation sites (tertiary alicyclic amines) is 1. The minimum Gasteiger partial charge on any atom is -0.381 e. The van der Waals surface area contributed by atoms with Crippen LogP contribution in [0.25, 0.3) is 0 Å². The Morgan fingerprint density at radius 1 is 1.10 bits per heavy atom. The van der Waals surface area contributed by atoms with Crippen molar-refractivity contribution in [3.63, 3.8) is 0 Å². The third kappa shape index (κ3) is 4.00. The van der Waals surface area contributed by atoms with Gasteiger partial charge in [0.2, 0.25) is 0 Å². The molecular weight excluding hydrogens is 260 g/mol. The van der Waals surface area contributed by atoms with Gasteiger partial charge in [0.1, 0.15) is 0 Å². The standard InChI is InChI=1S/C18H34N2O/c1-2-19-14-18(8-11-21-12-9-18)15-20-10-7-16-5-3-4-6-17(16)13-20/h16-17,19H,2-15H2,1H3. The average Bonchev–Trinajstić information content (AvgIpc) is 2.54. The van der Waals surface area contributed by atoms with Crippen molar-refractivity contribution >= 4 is 0 Å². The Morgan fingerprint density at radius 2 is 1.86 bits per heavy atom. The Hall–Kier alpha value is -0.120. The van der Waals surface area contributed by atoms with E-state index in [4.69, 9.17) is 4.74 Å². The molecule has 0 aromatic carbocycles. The van der Waals surface area contributed by atoms with E-state index in [1.165, 1.54) is 71.1 Å². The lowest BCUT2D eigenvalue weighted by molar-refractivity contribution is -0.0193. The zero-order valence-corrected chi connectivity index (χ0v) is 13.9. The molecule has 0 radical (unpaired) electrons. The summed E-state index contributed by atoms with van der Waals surface area (Å²) in [5.41, 5.74) is 0.468. The summed E-state index contributed by atoms with van der Waals surface area (Å²) in [6, 6.07) is 0. The molecule has 3 aliphatic rings. The van der Waals surface area contributed by atoms with Crippen molar-refractivity contribution in [3.8, 4) is 0 Å². The van der Waals surface area contributed by atoms with Crippen molar-refractivity contribution < 1.29 is 4.74 Å². The van der Waals surface area contributed by atoms with Gasteiger partial charge in [-0.2, -0.15) is 0 Å². The number of nitrogens with one attached hydrogen (secondary N) is 1. The summed E-state index contributed by atoms with van der Waals surface area (Å²) in [6.45, 7) is 10.4. The Balaban J connectivity index is 1.57. The number of piperidine rings is 1. The molecule has 3 rings (SSSR count). The van der Waals surface area contributed by atoms with Crippen LogP contribution in [0, 0.1) is 17.3 Å². The van der Waals surface area contributed by atoms with Crippen LogP contribution in [0.15, 0.2) is 0 Å². The van der Waals surface area contributed by atoms with Gasteiger partial charge in [0.05, 0.1) is 0 Å². The molecule has 2 saturated heterocycles. The molecule has 2 unspecified atom stereocenters. The molecular formula is C18H34N2O. The van der Waals surface area contributed by atoms with Crippen LogP contribution in [0.5, 0.6) is 0 Å². The summed E-state index contributed by atoms with van der Waals surface area (Å²) in [6.07, 6.45) is 9.90. The highest BCUT2D eigenvalue weighted by Gasteiger charge is 2.37. The number of ether oxygens (including phenoxy) is 1. The van der Waals surface area contributed by atoms with E-state index in [1.54, 1.807) is 0 Å². The molecule has 1 saturated carbocycles. The number of fused-ring (bicyclic) bond motifs is 1. The molecule has 1 N–H and O–H groups in total. The van der Waals surface area contributed by atoms with Gasteiger partial charge in [0.25, 0.3) is 0 Å². The second kappa shape index (κ2) is 7.43. The van der Waals surface area contributed by atoms with Crippen LogP contribution in [-0.4, -0.2) is 50.8 Å². The molecule has 0 aromatic heterocycles. The SMILES string of the molecule is CCNCC1(CN2CCC3CCCCC3C2)CCOCC1. The largest absolute Gasteiger partial charge is 0.381 e. The molecule has 0 amide bonds. The first-order valence-corrected chi connectivity index (χ1v) is 9.32. The van der Waals surface area contributed by atoms with E-state index in [0.29, 0.717) is 5.41 Å². The first-order chi connectivity index (χ1) is 10.3. The van der Waals surface area contributed by atoms with Crippen molar-refractivity contribution in [2.75, 3.05) is 45.9 Å². The van der Waals surface area contributed by atoms with Gasteiger partial charge in [0, 0.05) is 32.8 Å². The number of hydrogen-bond donors (Lipinski definition) is 1. The Bertz CT molecular complexity index is 314. The van der Waals surface area contributed by atoms with Gasteiger partial charge in [-0.05, 0) is 56.0 Å². The van der Waals surface area contributed by atoms with Crippen molar-refractivity contribution in [3.05, 3.63) is 0 Å². The smallest absolute Gasteiger partial charge is 0.0472 e. The lowest BCUT2D eigenvalue weighted by Gasteiger charge is -2.46. The summed E-state index contributed by atoms with van der Waals surface area (Å²) in [4.78, 5) is 2.80. The minimum atomic E-state index is 0.468. The van der Waals surface area contributed by atoms with Crippen molar-refractivity contribution in [2.24, 2.45) is 17.3 Å². The molecule has 2 atom stereocenters. The molecule has 21 heavy (non-hydrogen) atoms. The van der Waals surface area contributed by atoms with Crippen molar-refractivity contribution in [2.45, 2.75) is 51.9 Å². The van der Waals surface area contributed by atoms with E-state index >= 15 is 0 Å². The molecule has 3 fully saturated rings. The molecule has 0 aromatic rings. The quantitative estimate of drug-likeness (QED) is 0.844. The van der Waals surface area contributed by atoms with Gasteiger partial charge in [-0.15, -0.1) is 0 Å². The van der Waals surface area contributed by atoms with Crippen LogP contribution < -0.4 is 5.32 Å². The fourth-order valence-electron chi connectivity index (χ4n) is 4.88. The van der Waals surface area contributed by atoms with Crippen LogP contribution in [0.3, 0.4) is 0 Å². The fourth-order valence-corrected chi connectivity index (χ4v) is 4.88. The van der Waals surface area contributed by atoms with E-state index in [9.17, 15) is 0 Å². The first kappa shape index (κ1) is 15.8. The molecule has 1 aliphatic carbocycles. The fraction of sp³-hybridized carbons (Fsp3) is 1.00. The zero-order valence-electron chi connectivity index (χ0n) is 13.9. The Kier molecular flexibility index (Phi) is 5.58. The maximum atomic E-state index is 5.63. The summed E-state index contributed by atoms with van der Waals surface area (Å²) in [5.74, 6) is 2.05. The normalized spacial score (nSPS) is 33.6. The molecule has 3 nitrogen and oxygen atoms in total. The lowest BCUT2D eigenvalue weighted by atomic mass is 9.73. The van der Waals surface area contributed by atoms with E-state index in [0.717, 1.165) is 31.6 Å². The number of nitrogens with zero attached hydrogens (tertiary/aromatic N) is 1. The number of hydrogen-bond acceptors (Lipinski definition) is 3. The monoisotopic (exact) mass is 294 g/mol. The maximum Gasteiger partial charge on any atom is 0.0472 e. The molecule has 2 heterocycles. The first-order valence-electron chi connectivity index (χ1n) is 9.32. The van der Waals surface area contributed by atoms with Gasteiger partial charge in [0.15, 0.2) is 0 Å². The Labute approximate surface area is 130 Å². The van der Waals surface area contributed by atoms with Gasteiger partial charge in [-0.3, -0.25) is 0 Å². The predicted molar refractivity (Wildman–Crippen MR) is 87.5 cm³/mol. The van der Waals surface area contributed by atoms with Crippen molar-refractivity contribution in [1.82, 2.24) is 10.2 Å². The predicted octanol–water partition coefficient (Wildman–Crippen LogP) is 2.90. The number of rotatable bonds is 5. The summed E-state index contributed by atoms with van der Waals surface area (Å²) in [7, 11) is 0. The Morgan fingerprint density at radius 3 is 2.62 bits per heavy atom. The molecule has 3 heteroatoms. The van der Waals surface area contributed by atoms with Crippen LogP contribution in [0.1, 0.15) is 51.9 Å². The van der Waals surface area contributed by atoms with Gasteiger partial charge in [-0.1, -0.05) is 26.2 Å². The molecule has 0 spiro atoms. The van der Waals surface area contributed by atoms with Gasteiger partial charge >= 0.3 is 0 Å². The summed E-state index contributed by atoms with van der Waals surface area (Å²) in [5, 5.41) is 3.62. The average molecular weight is 294 g/mol. The topological polar surface area (TPSA) is 24.5 Å². The summed E-state index contributed by atoms with van der Waals surface area (Å²) >= 11 is 0. The highest BCUT2D eigenvalue weighted by atomic mass is 16.5. The van der Waals surface area contributed by atoms with E-state index in [1.807, 2.05) is 0 Å². The maximum absolute atomic E-state index is 5.63. The molecule has 0 bridgehead atoms. The minimum absolute atomic E-state index is 0.468. The van der Waals surface area contributed by atoms with E-state index < -0.39 is 0 Å². The van der Waals surface area contributed by atoms with Crippen LogP contribution >= 0.6 is 0 Å². The lowest BCUT2D eigenvalue weighted by Crippen LogP contribution is -2.51. The van der Waals surface area contributed by atoms with Gasteiger partial charge < -0.3 is 15.0 Å². The second-order valence-electron chi connectivity index (χ2n) is 7.72. The van der Waals surface area contributed by atoms with Crippen LogP contribution in [0.4, 0.5) is 0 Å². The molecule has 2 aliphatic heterocycles. The molecule has 122 valence electrons. The van der Waals surface area contributed by atoms with Crippen LogP contribution in [-0.2, 0) is 4.74 Å². The third-order valence-electron chi connectivity index (χ3n) is 6.24.